The maximum Gasteiger partial charge on any atom is 0.241 e. The fourth-order valence-corrected chi connectivity index (χ4v) is 2.93. The molecule has 1 atom stereocenters. The number of halogens is 1. The molecule has 0 saturated carbocycles. The number of benzene rings is 2. The molecule has 1 N–H and O–H groups in total. The van der Waals surface area contributed by atoms with Crippen molar-refractivity contribution < 1.29 is 9.18 Å². The predicted octanol–water partition coefficient (Wildman–Crippen LogP) is 3.46. The first-order valence-electron chi connectivity index (χ1n) is 9.03. The van der Waals surface area contributed by atoms with E-state index in [9.17, 15) is 9.18 Å². The van der Waals surface area contributed by atoms with Gasteiger partial charge in [-0.3, -0.25) is 9.69 Å². The second-order valence-corrected chi connectivity index (χ2v) is 6.40. The van der Waals surface area contributed by atoms with Crippen molar-refractivity contribution in [3.8, 4) is 0 Å². The van der Waals surface area contributed by atoms with Crippen molar-refractivity contribution in [1.82, 2.24) is 10.2 Å². The molecule has 0 bridgehead atoms. The number of hydrogen-bond acceptors (Lipinski definition) is 3. The predicted molar refractivity (Wildman–Crippen MR) is 105 cm³/mol. The van der Waals surface area contributed by atoms with Gasteiger partial charge in [0.25, 0.3) is 0 Å². The van der Waals surface area contributed by atoms with Crippen molar-refractivity contribution in [2.45, 2.75) is 19.4 Å². The van der Waals surface area contributed by atoms with E-state index in [1.54, 1.807) is 12.1 Å². The highest BCUT2D eigenvalue weighted by Crippen LogP contribution is 2.19. The Hall–Kier alpha value is -2.40. The minimum Gasteiger partial charge on any atom is -0.372 e. The smallest absolute Gasteiger partial charge is 0.241 e. The molecule has 2 rings (SSSR count). The summed E-state index contributed by atoms with van der Waals surface area (Å²) in [6, 6.07) is 16.2. The first kappa shape index (κ1) is 19.9. The molecule has 140 valence electrons. The molecule has 2 aromatic carbocycles. The van der Waals surface area contributed by atoms with E-state index in [0.29, 0.717) is 18.8 Å². The van der Waals surface area contributed by atoms with Gasteiger partial charge in [-0.1, -0.05) is 49.4 Å². The summed E-state index contributed by atoms with van der Waals surface area (Å²) >= 11 is 0. The third kappa shape index (κ3) is 5.30. The maximum absolute atomic E-state index is 13.8. The molecule has 1 unspecified atom stereocenters. The summed E-state index contributed by atoms with van der Waals surface area (Å²) < 4.78 is 13.8. The fourth-order valence-electron chi connectivity index (χ4n) is 2.93. The lowest BCUT2D eigenvalue weighted by atomic mass is 10.0. The molecule has 0 saturated heterocycles. The first-order valence-corrected chi connectivity index (χ1v) is 9.03. The van der Waals surface area contributed by atoms with Crippen molar-refractivity contribution in [2.75, 3.05) is 38.6 Å². The van der Waals surface area contributed by atoms with Gasteiger partial charge in [-0.2, -0.15) is 0 Å². The molecule has 0 heterocycles. The van der Waals surface area contributed by atoms with Gasteiger partial charge in [0.15, 0.2) is 0 Å². The van der Waals surface area contributed by atoms with Crippen LogP contribution in [-0.4, -0.2) is 44.5 Å². The van der Waals surface area contributed by atoms with E-state index in [0.717, 1.165) is 18.5 Å². The van der Waals surface area contributed by atoms with Gasteiger partial charge in [-0.25, -0.2) is 4.39 Å². The van der Waals surface area contributed by atoms with E-state index in [-0.39, 0.29) is 17.8 Å². The molecule has 4 nitrogen and oxygen atoms in total. The molecular formula is C21H28FN3O. The number of anilines is 1. The van der Waals surface area contributed by atoms with Gasteiger partial charge in [-0.05, 0) is 37.7 Å². The molecule has 0 fully saturated rings. The van der Waals surface area contributed by atoms with Crippen LogP contribution in [0.2, 0.25) is 0 Å². The van der Waals surface area contributed by atoms with Crippen molar-refractivity contribution in [1.29, 1.82) is 0 Å². The van der Waals surface area contributed by atoms with Crippen molar-refractivity contribution in [3.63, 3.8) is 0 Å². The summed E-state index contributed by atoms with van der Waals surface area (Å²) in [5, 5.41) is 3.02. The highest BCUT2D eigenvalue weighted by atomic mass is 19.1. The molecule has 0 aromatic heterocycles. The number of nitrogens with one attached hydrogen (secondary N) is 1. The fraction of sp³-hybridized carbons (Fsp3) is 0.381. The van der Waals surface area contributed by atoms with E-state index < -0.39 is 0 Å². The summed E-state index contributed by atoms with van der Waals surface area (Å²) in [6.45, 7) is 4.04. The van der Waals surface area contributed by atoms with Crippen LogP contribution in [0.25, 0.3) is 0 Å². The molecular weight excluding hydrogens is 329 g/mol. The molecule has 0 aliphatic rings. The highest BCUT2D eigenvalue weighted by Gasteiger charge is 2.23. The summed E-state index contributed by atoms with van der Waals surface area (Å²) in [7, 11) is 3.81. The van der Waals surface area contributed by atoms with Crippen LogP contribution in [0.3, 0.4) is 0 Å². The largest absolute Gasteiger partial charge is 0.372 e. The topological polar surface area (TPSA) is 35.6 Å². The number of nitrogens with zero attached hydrogens (tertiary/aromatic N) is 2. The molecule has 0 aliphatic carbocycles. The minimum atomic E-state index is -0.300. The van der Waals surface area contributed by atoms with E-state index in [1.165, 1.54) is 6.07 Å². The Labute approximate surface area is 155 Å². The van der Waals surface area contributed by atoms with E-state index in [2.05, 4.69) is 5.32 Å². The Morgan fingerprint density at radius 2 is 1.73 bits per heavy atom. The monoisotopic (exact) mass is 357 g/mol. The minimum absolute atomic E-state index is 0.00547. The van der Waals surface area contributed by atoms with Crippen molar-refractivity contribution in [3.05, 3.63) is 66.0 Å². The number of amides is 1. The van der Waals surface area contributed by atoms with Crippen LogP contribution in [0.4, 0.5) is 10.1 Å². The molecule has 0 aliphatic heterocycles. The Morgan fingerprint density at radius 1 is 1.08 bits per heavy atom. The summed E-state index contributed by atoms with van der Waals surface area (Å²) in [5.74, 6) is -0.234. The number of carbonyl (C=O) groups excluding carboxylic acids is 1. The molecule has 1 amide bonds. The van der Waals surface area contributed by atoms with Gasteiger partial charge in [-0.15, -0.1) is 0 Å². The van der Waals surface area contributed by atoms with Gasteiger partial charge < -0.3 is 10.2 Å². The van der Waals surface area contributed by atoms with E-state index in [1.807, 2.05) is 67.2 Å². The van der Waals surface area contributed by atoms with E-state index >= 15 is 0 Å². The standard InChI is InChI=1S/C21H28FN3O/c1-4-24(2)20(17-11-6-5-7-12-17)21(26)23-15-10-16-25(3)19-14-9-8-13-18(19)22/h5-9,11-14,20H,4,10,15-16H2,1-3H3,(H,23,26). The van der Waals surface area contributed by atoms with E-state index in [4.69, 9.17) is 0 Å². The van der Waals surface area contributed by atoms with Crippen LogP contribution >= 0.6 is 0 Å². The number of likely N-dealkylation sites (N-methyl/N-ethyl adjacent to an activating group) is 1. The quantitative estimate of drug-likeness (QED) is 0.698. The van der Waals surface area contributed by atoms with Gasteiger partial charge in [0.1, 0.15) is 11.9 Å². The first-order chi connectivity index (χ1) is 12.5. The molecule has 5 heteroatoms. The van der Waals surface area contributed by atoms with Crippen LogP contribution in [0.5, 0.6) is 0 Å². The summed E-state index contributed by atoms with van der Waals surface area (Å²) in [4.78, 5) is 16.6. The van der Waals surface area contributed by atoms with Crippen LogP contribution in [0.15, 0.2) is 54.6 Å². The van der Waals surface area contributed by atoms with Crippen LogP contribution in [-0.2, 0) is 4.79 Å². The summed E-state index contributed by atoms with van der Waals surface area (Å²) in [5.41, 5.74) is 1.56. The lowest BCUT2D eigenvalue weighted by Gasteiger charge is -2.26. The second kappa shape index (κ2) is 9.92. The maximum atomic E-state index is 13.8. The Morgan fingerprint density at radius 3 is 2.38 bits per heavy atom. The number of carbonyl (C=O) groups is 1. The number of rotatable bonds is 9. The molecule has 0 radical (unpaired) electrons. The third-order valence-corrected chi connectivity index (χ3v) is 4.54. The Kier molecular flexibility index (Phi) is 7.60. The summed E-state index contributed by atoms with van der Waals surface area (Å²) in [6.07, 6.45) is 0.744. The molecule has 2 aromatic rings. The average molecular weight is 357 g/mol. The molecule has 0 spiro atoms. The number of para-hydroxylation sites is 1. The average Bonchev–Trinajstić information content (AvgIpc) is 2.66. The van der Waals surface area contributed by atoms with Gasteiger partial charge in [0, 0.05) is 20.1 Å². The SMILES string of the molecule is CCN(C)C(C(=O)NCCCN(C)c1ccccc1F)c1ccccc1. The van der Waals surface area contributed by atoms with Gasteiger partial charge in [0.05, 0.1) is 5.69 Å². The zero-order chi connectivity index (χ0) is 18.9. The second-order valence-electron chi connectivity index (χ2n) is 6.40. The van der Waals surface area contributed by atoms with Crippen LogP contribution in [0.1, 0.15) is 24.9 Å². The Bertz CT molecular complexity index is 693. The molecule has 26 heavy (non-hydrogen) atoms. The lowest BCUT2D eigenvalue weighted by molar-refractivity contribution is -0.126. The normalized spacial score (nSPS) is 12.0. The van der Waals surface area contributed by atoms with Gasteiger partial charge in [0.2, 0.25) is 5.91 Å². The van der Waals surface area contributed by atoms with Crippen molar-refractivity contribution >= 4 is 11.6 Å². The van der Waals surface area contributed by atoms with Crippen LogP contribution in [0, 0.1) is 5.82 Å². The van der Waals surface area contributed by atoms with Crippen LogP contribution < -0.4 is 10.2 Å². The number of hydrogen-bond donors (Lipinski definition) is 1. The zero-order valence-corrected chi connectivity index (χ0v) is 15.8. The zero-order valence-electron chi connectivity index (χ0n) is 15.8. The van der Waals surface area contributed by atoms with Gasteiger partial charge >= 0.3 is 0 Å². The Balaban J connectivity index is 1.87. The van der Waals surface area contributed by atoms with Crippen molar-refractivity contribution in [2.24, 2.45) is 0 Å². The third-order valence-electron chi connectivity index (χ3n) is 4.54. The lowest BCUT2D eigenvalue weighted by Crippen LogP contribution is -2.39. The highest BCUT2D eigenvalue weighted by molar-refractivity contribution is 5.83.